The fourth-order valence-electron chi connectivity index (χ4n) is 1.68. The van der Waals surface area contributed by atoms with Crippen molar-refractivity contribution in [1.29, 1.82) is 0 Å². The van der Waals surface area contributed by atoms with Crippen molar-refractivity contribution >= 4 is 0 Å². The van der Waals surface area contributed by atoms with Gasteiger partial charge in [-0.3, -0.25) is 0 Å². The first kappa shape index (κ1) is 11.3. The number of nitrogens with zero attached hydrogens (tertiary/aromatic N) is 1. The Labute approximate surface area is 99.1 Å². The number of pyridine rings is 1. The molecule has 17 heavy (non-hydrogen) atoms. The summed E-state index contributed by atoms with van der Waals surface area (Å²) in [5.41, 5.74) is 1.28. The quantitative estimate of drug-likeness (QED) is 0.849. The number of ether oxygens (including phenoxy) is 1. The van der Waals surface area contributed by atoms with Gasteiger partial charge in [-0.15, -0.1) is 0 Å². The number of benzene rings is 1. The molecule has 0 spiro atoms. The maximum atomic E-state index is 9.70. The zero-order valence-corrected chi connectivity index (χ0v) is 9.42. The van der Waals surface area contributed by atoms with Crippen molar-refractivity contribution in [1.82, 2.24) is 4.98 Å². The summed E-state index contributed by atoms with van der Waals surface area (Å²) in [4.78, 5) is 4.07. The van der Waals surface area contributed by atoms with Crippen molar-refractivity contribution in [2.75, 3.05) is 7.11 Å². The molecular formula is C13H13NO3. The van der Waals surface area contributed by atoms with Crippen LogP contribution in [0.1, 0.15) is 11.1 Å². The Morgan fingerprint density at radius 1 is 1.12 bits per heavy atom. The number of hydrogen-bond donors (Lipinski definition) is 2. The van der Waals surface area contributed by atoms with E-state index < -0.39 is 0 Å². The van der Waals surface area contributed by atoms with Gasteiger partial charge in [0.2, 0.25) is 5.88 Å². The topological polar surface area (TPSA) is 62.6 Å². The van der Waals surface area contributed by atoms with Crippen molar-refractivity contribution in [2.45, 2.75) is 6.42 Å². The molecule has 0 aliphatic heterocycles. The highest BCUT2D eigenvalue weighted by Crippen LogP contribution is 2.30. The molecule has 88 valence electrons. The van der Waals surface area contributed by atoms with Gasteiger partial charge in [-0.2, -0.15) is 0 Å². The van der Waals surface area contributed by atoms with Gasteiger partial charge in [-0.05, 0) is 18.2 Å². The molecule has 0 fully saturated rings. The third kappa shape index (κ3) is 2.30. The summed E-state index contributed by atoms with van der Waals surface area (Å²) < 4.78 is 5.12. The summed E-state index contributed by atoms with van der Waals surface area (Å²) in [6.45, 7) is 0. The summed E-state index contributed by atoms with van der Waals surface area (Å²) in [6.07, 6.45) is 2.00. The molecule has 0 unspecified atom stereocenters. The Hall–Kier alpha value is -2.23. The van der Waals surface area contributed by atoms with E-state index in [1.54, 1.807) is 18.3 Å². The first-order valence-electron chi connectivity index (χ1n) is 5.20. The van der Waals surface area contributed by atoms with Crippen LogP contribution >= 0.6 is 0 Å². The van der Waals surface area contributed by atoms with Gasteiger partial charge in [0.05, 0.1) is 7.11 Å². The van der Waals surface area contributed by atoms with Crippen LogP contribution in [-0.2, 0) is 6.42 Å². The van der Waals surface area contributed by atoms with Gasteiger partial charge in [0.25, 0.3) is 0 Å². The van der Waals surface area contributed by atoms with Gasteiger partial charge >= 0.3 is 0 Å². The van der Waals surface area contributed by atoms with Crippen LogP contribution in [0.25, 0.3) is 0 Å². The van der Waals surface area contributed by atoms with E-state index in [2.05, 4.69) is 4.98 Å². The van der Waals surface area contributed by atoms with E-state index in [1.165, 1.54) is 19.2 Å². The maximum absolute atomic E-state index is 9.70. The number of phenolic OH excluding ortho intramolecular Hbond substituents is 2. The van der Waals surface area contributed by atoms with Crippen LogP contribution in [0.5, 0.6) is 17.4 Å². The third-order valence-corrected chi connectivity index (χ3v) is 2.54. The second kappa shape index (κ2) is 4.74. The third-order valence-electron chi connectivity index (χ3n) is 2.54. The molecule has 0 atom stereocenters. The summed E-state index contributed by atoms with van der Waals surface area (Å²) in [6, 6.07) is 8.30. The average molecular weight is 231 g/mol. The number of hydrogen-bond acceptors (Lipinski definition) is 4. The Morgan fingerprint density at radius 2 is 1.82 bits per heavy atom. The van der Waals surface area contributed by atoms with Gasteiger partial charge in [-0.1, -0.05) is 12.1 Å². The van der Waals surface area contributed by atoms with E-state index in [-0.39, 0.29) is 11.5 Å². The Morgan fingerprint density at radius 3 is 2.47 bits per heavy atom. The summed E-state index contributed by atoms with van der Waals surface area (Å²) >= 11 is 0. The second-order valence-electron chi connectivity index (χ2n) is 3.62. The van der Waals surface area contributed by atoms with Crippen LogP contribution in [0.2, 0.25) is 0 Å². The van der Waals surface area contributed by atoms with Crippen LogP contribution < -0.4 is 4.74 Å². The number of aromatic nitrogens is 1. The molecule has 0 bridgehead atoms. The predicted molar refractivity (Wildman–Crippen MR) is 63.4 cm³/mol. The molecule has 0 saturated carbocycles. The van der Waals surface area contributed by atoms with E-state index in [0.29, 0.717) is 17.9 Å². The van der Waals surface area contributed by atoms with Gasteiger partial charge in [0.15, 0.2) is 0 Å². The largest absolute Gasteiger partial charge is 0.508 e. The molecule has 1 aromatic heterocycles. The van der Waals surface area contributed by atoms with Crippen LogP contribution in [0.4, 0.5) is 0 Å². The fraction of sp³-hybridized carbons (Fsp3) is 0.154. The number of phenols is 2. The van der Waals surface area contributed by atoms with Gasteiger partial charge in [0, 0.05) is 23.7 Å². The monoisotopic (exact) mass is 231 g/mol. The molecule has 0 aliphatic rings. The lowest BCUT2D eigenvalue weighted by Gasteiger charge is -2.09. The van der Waals surface area contributed by atoms with Crippen molar-refractivity contribution < 1.29 is 14.9 Å². The van der Waals surface area contributed by atoms with E-state index in [9.17, 15) is 10.2 Å². The van der Waals surface area contributed by atoms with Crippen LogP contribution in [0, 0.1) is 0 Å². The SMILES string of the molecule is COc1ncccc1Cc1c(O)cccc1O. The van der Waals surface area contributed by atoms with Gasteiger partial charge in [0.1, 0.15) is 11.5 Å². The molecule has 0 saturated heterocycles. The molecule has 2 N–H and O–H groups in total. The second-order valence-corrected chi connectivity index (χ2v) is 3.62. The molecule has 2 rings (SSSR count). The highest BCUT2D eigenvalue weighted by Gasteiger charge is 2.11. The van der Waals surface area contributed by atoms with Crippen LogP contribution in [-0.4, -0.2) is 22.3 Å². The molecule has 1 aromatic carbocycles. The first-order valence-corrected chi connectivity index (χ1v) is 5.20. The van der Waals surface area contributed by atoms with Crippen LogP contribution in [0.15, 0.2) is 36.5 Å². The maximum Gasteiger partial charge on any atom is 0.216 e. The van der Waals surface area contributed by atoms with Crippen molar-refractivity contribution in [2.24, 2.45) is 0 Å². The average Bonchev–Trinajstić information content (AvgIpc) is 2.34. The molecule has 0 amide bonds. The zero-order chi connectivity index (χ0) is 12.3. The summed E-state index contributed by atoms with van der Waals surface area (Å²) in [5, 5.41) is 19.4. The number of methoxy groups -OCH3 is 1. The van der Waals surface area contributed by atoms with E-state index in [0.717, 1.165) is 5.56 Å². The number of rotatable bonds is 3. The Balaban J connectivity index is 2.38. The van der Waals surface area contributed by atoms with E-state index >= 15 is 0 Å². The van der Waals surface area contributed by atoms with E-state index in [4.69, 9.17) is 4.74 Å². The minimum absolute atomic E-state index is 0.0657. The van der Waals surface area contributed by atoms with Crippen molar-refractivity contribution in [3.63, 3.8) is 0 Å². The highest BCUT2D eigenvalue weighted by molar-refractivity contribution is 5.47. The van der Waals surface area contributed by atoms with E-state index in [1.807, 2.05) is 6.07 Å². The molecule has 1 heterocycles. The van der Waals surface area contributed by atoms with Gasteiger partial charge in [-0.25, -0.2) is 4.98 Å². The standard InChI is InChI=1S/C13H13NO3/c1-17-13-9(4-3-7-14-13)8-10-11(15)5-2-6-12(10)16/h2-7,15-16H,8H2,1H3. The van der Waals surface area contributed by atoms with Crippen LogP contribution in [0.3, 0.4) is 0 Å². The lowest BCUT2D eigenvalue weighted by atomic mass is 10.0. The van der Waals surface area contributed by atoms with Crippen molar-refractivity contribution in [3.05, 3.63) is 47.7 Å². The minimum Gasteiger partial charge on any atom is -0.508 e. The molecule has 4 heteroatoms. The number of aromatic hydroxyl groups is 2. The smallest absolute Gasteiger partial charge is 0.216 e. The Bertz CT molecular complexity index is 506. The normalized spacial score (nSPS) is 10.2. The highest BCUT2D eigenvalue weighted by atomic mass is 16.5. The first-order chi connectivity index (χ1) is 8.22. The molecular weight excluding hydrogens is 218 g/mol. The fourth-order valence-corrected chi connectivity index (χ4v) is 1.68. The lowest BCUT2D eigenvalue weighted by Crippen LogP contribution is -1.96. The zero-order valence-electron chi connectivity index (χ0n) is 9.42. The minimum atomic E-state index is 0.0657. The van der Waals surface area contributed by atoms with Crippen molar-refractivity contribution in [3.8, 4) is 17.4 Å². The summed E-state index contributed by atoms with van der Waals surface area (Å²) in [5.74, 6) is 0.627. The molecule has 0 radical (unpaired) electrons. The summed E-state index contributed by atoms with van der Waals surface area (Å²) in [7, 11) is 1.54. The Kier molecular flexibility index (Phi) is 3.14. The van der Waals surface area contributed by atoms with Gasteiger partial charge < -0.3 is 14.9 Å². The molecule has 0 aliphatic carbocycles. The lowest BCUT2D eigenvalue weighted by molar-refractivity contribution is 0.392. The molecule has 2 aromatic rings. The predicted octanol–water partition coefficient (Wildman–Crippen LogP) is 2.09. The molecule has 4 nitrogen and oxygen atoms in total.